The zero-order chi connectivity index (χ0) is 11.5. The molecule has 94 valence electrons. The van der Waals surface area contributed by atoms with Gasteiger partial charge in [-0.3, -0.25) is 0 Å². The van der Waals surface area contributed by atoms with Gasteiger partial charge in [0.25, 0.3) is 0 Å². The zero-order valence-corrected chi connectivity index (χ0v) is 11.2. The molecule has 2 nitrogen and oxygen atoms in total. The molecule has 2 aliphatic rings. The highest BCUT2D eigenvalue weighted by Gasteiger charge is 2.30. The van der Waals surface area contributed by atoms with Gasteiger partial charge in [-0.15, -0.1) is 0 Å². The molecule has 1 saturated carbocycles. The average molecular weight is 224 g/mol. The average Bonchev–Trinajstić information content (AvgIpc) is 2.99. The topological polar surface area (TPSA) is 15.3 Å². The zero-order valence-electron chi connectivity index (χ0n) is 11.2. The minimum Gasteiger partial charge on any atom is -0.311 e. The molecule has 0 radical (unpaired) electrons. The molecule has 2 heteroatoms. The lowest BCUT2D eigenvalue weighted by Gasteiger charge is -2.36. The summed E-state index contributed by atoms with van der Waals surface area (Å²) >= 11 is 0. The van der Waals surface area contributed by atoms with Crippen LogP contribution in [0.1, 0.15) is 40.0 Å². The molecule has 1 heterocycles. The van der Waals surface area contributed by atoms with Crippen LogP contribution < -0.4 is 5.32 Å². The minimum atomic E-state index is 0.736. The van der Waals surface area contributed by atoms with E-state index in [4.69, 9.17) is 0 Å². The number of hydrogen-bond donors (Lipinski definition) is 1. The van der Waals surface area contributed by atoms with Gasteiger partial charge in [-0.1, -0.05) is 20.8 Å². The van der Waals surface area contributed by atoms with E-state index in [1.165, 1.54) is 45.4 Å². The van der Waals surface area contributed by atoms with Gasteiger partial charge in [-0.25, -0.2) is 0 Å². The summed E-state index contributed by atoms with van der Waals surface area (Å²) in [5.74, 6) is 2.80. The van der Waals surface area contributed by atoms with Crippen molar-refractivity contribution in [1.29, 1.82) is 0 Å². The molecule has 16 heavy (non-hydrogen) atoms. The van der Waals surface area contributed by atoms with Gasteiger partial charge in [0.15, 0.2) is 0 Å². The van der Waals surface area contributed by atoms with Crippen molar-refractivity contribution < 1.29 is 0 Å². The number of nitrogens with one attached hydrogen (secondary N) is 1. The SMILES string of the molecule is CC(C)CC1CN(CC(C)C2CC2)CCN1. The molecule has 2 atom stereocenters. The molecule has 1 N–H and O–H groups in total. The van der Waals surface area contributed by atoms with Crippen molar-refractivity contribution in [2.75, 3.05) is 26.2 Å². The van der Waals surface area contributed by atoms with Crippen molar-refractivity contribution in [3.05, 3.63) is 0 Å². The summed E-state index contributed by atoms with van der Waals surface area (Å²) in [6.07, 6.45) is 4.31. The highest BCUT2D eigenvalue weighted by atomic mass is 15.2. The van der Waals surface area contributed by atoms with Crippen LogP contribution in [0.4, 0.5) is 0 Å². The largest absolute Gasteiger partial charge is 0.311 e. The van der Waals surface area contributed by atoms with Gasteiger partial charge in [0.05, 0.1) is 0 Å². The van der Waals surface area contributed by atoms with Crippen LogP contribution in [-0.2, 0) is 0 Å². The summed E-state index contributed by atoms with van der Waals surface area (Å²) in [6.45, 7) is 12.1. The summed E-state index contributed by atoms with van der Waals surface area (Å²) < 4.78 is 0. The first-order valence-electron chi connectivity index (χ1n) is 7.11. The lowest BCUT2D eigenvalue weighted by molar-refractivity contribution is 0.160. The highest BCUT2D eigenvalue weighted by Crippen LogP contribution is 2.36. The molecule has 0 aromatic carbocycles. The number of hydrogen-bond acceptors (Lipinski definition) is 2. The Balaban J connectivity index is 1.72. The Morgan fingerprint density at radius 1 is 1.25 bits per heavy atom. The van der Waals surface area contributed by atoms with Crippen LogP contribution in [0.3, 0.4) is 0 Å². The molecule has 1 aliphatic heterocycles. The van der Waals surface area contributed by atoms with Gasteiger partial charge in [0, 0.05) is 32.2 Å². The van der Waals surface area contributed by atoms with Crippen molar-refractivity contribution >= 4 is 0 Å². The molecule has 0 aromatic rings. The Bertz CT molecular complexity index is 211. The molecule has 0 amide bonds. The predicted molar refractivity (Wildman–Crippen MR) is 69.6 cm³/mol. The van der Waals surface area contributed by atoms with E-state index in [1.54, 1.807) is 0 Å². The lowest BCUT2D eigenvalue weighted by Crippen LogP contribution is -2.52. The first-order chi connectivity index (χ1) is 7.65. The van der Waals surface area contributed by atoms with Crippen LogP contribution >= 0.6 is 0 Å². The Kier molecular flexibility index (Phi) is 4.26. The van der Waals surface area contributed by atoms with Crippen molar-refractivity contribution in [2.24, 2.45) is 17.8 Å². The maximum Gasteiger partial charge on any atom is 0.0198 e. The summed E-state index contributed by atoms with van der Waals surface area (Å²) in [5, 5.41) is 3.66. The molecule has 1 saturated heterocycles. The summed E-state index contributed by atoms with van der Waals surface area (Å²) in [7, 11) is 0. The van der Waals surface area contributed by atoms with E-state index in [0.717, 1.165) is 23.8 Å². The molecular formula is C14H28N2. The van der Waals surface area contributed by atoms with E-state index in [-0.39, 0.29) is 0 Å². The van der Waals surface area contributed by atoms with E-state index < -0.39 is 0 Å². The summed E-state index contributed by atoms with van der Waals surface area (Å²) in [5.41, 5.74) is 0. The first-order valence-corrected chi connectivity index (χ1v) is 7.11. The Morgan fingerprint density at radius 3 is 2.62 bits per heavy atom. The Morgan fingerprint density at radius 2 is 2.00 bits per heavy atom. The second-order valence-corrected chi connectivity index (χ2v) is 6.35. The lowest BCUT2D eigenvalue weighted by atomic mass is 10.00. The fourth-order valence-electron chi connectivity index (χ4n) is 3.01. The van der Waals surface area contributed by atoms with Crippen LogP contribution in [0, 0.1) is 17.8 Å². The number of nitrogens with zero attached hydrogens (tertiary/aromatic N) is 1. The van der Waals surface area contributed by atoms with Crippen LogP contribution in [0.15, 0.2) is 0 Å². The van der Waals surface area contributed by atoms with Gasteiger partial charge in [0.1, 0.15) is 0 Å². The Hall–Kier alpha value is -0.0800. The van der Waals surface area contributed by atoms with Crippen LogP contribution in [-0.4, -0.2) is 37.1 Å². The van der Waals surface area contributed by atoms with Crippen molar-refractivity contribution in [3.8, 4) is 0 Å². The fourth-order valence-corrected chi connectivity index (χ4v) is 3.01. The van der Waals surface area contributed by atoms with Gasteiger partial charge in [-0.05, 0) is 37.0 Å². The normalized spacial score (nSPS) is 29.6. The monoisotopic (exact) mass is 224 g/mol. The van der Waals surface area contributed by atoms with E-state index in [2.05, 4.69) is 31.0 Å². The number of piperazine rings is 1. The quantitative estimate of drug-likeness (QED) is 0.771. The molecule has 1 aliphatic carbocycles. The Labute approximate surface area is 101 Å². The van der Waals surface area contributed by atoms with Crippen molar-refractivity contribution in [1.82, 2.24) is 10.2 Å². The van der Waals surface area contributed by atoms with Crippen LogP contribution in [0.2, 0.25) is 0 Å². The highest BCUT2D eigenvalue weighted by molar-refractivity contribution is 4.84. The van der Waals surface area contributed by atoms with E-state index >= 15 is 0 Å². The minimum absolute atomic E-state index is 0.736. The maximum absolute atomic E-state index is 3.66. The van der Waals surface area contributed by atoms with E-state index in [9.17, 15) is 0 Å². The third-order valence-electron chi connectivity index (χ3n) is 4.07. The van der Waals surface area contributed by atoms with Crippen molar-refractivity contribution in [2.45, 2.75) is 46.1 Å². The third kappa shape index (κ3) is 3.74. The van der Waals surface area contributed by atoms with Gasteiger partial charge < -0.3 is 10.2 Å². The predicted octanol–water partition coefficient (Wildman–Crippen LogP) is 2.35. The third-order valence-corrected chi connectivity index (χ3v) is 4.07. The second kappa shape index (κ2) is 5.50. The fraction of sp³-hybridized carbons (Fsp3) is 1.00. The van der Waals surface area contributed by atoms with Crippen molar-refractivity contribution in [3.63, 3.8) is 0 Å². The van der Waals surface area contributed by atoms with E-state index in [0.29, 0.717) is 0 Å². The smallest absolute Gasteiger partial charge is 0.0198 e. The molecule has 0 bridgehead atoms. The standard InChI is InChI=1S/C14H28N2/c1-11(2)8-14-10-16(7-6-15-14)9-12(3)13-4-5-13/h11-15H,4-10H2,1-3H3. The van der Waals surface area contributed by atoms with Crippen LogP contribution in [0.5, 0.6) is 0 Å². The van der Waals surface area contributed by atoms with Gasteiger partial charge >= 0.3 is 0 Å². The summed E-state index contributed by atoms with van der Waals surface area (Å²) in [6, 6.07) is 0.736. The molecule has 0 spiro atoms. The second-order valence-electron chi connectivity index (χ2n) is 6.35. The van der Waals surface area contributed by atoms with Crippen LogP contribution in [0.25, 0.3) is 0 Å². The molecule has 2 fully saturated rings. The summed E-state index contributed by atoms with van der Waals surface area (Å²) in [4.78, 5) is 2.69. The molecule has 2 unspecified atom stereocenters. The first kappa shape index (κ1) is 12.4. The van der Waals surface area contributed by atoms with Gasteiger partial charge in [-0.2, -0.15) is 0 Å². The van der Waals surface area contributed by atoms with Gasteiger partial charge in [0.2, 0.25) is 0 Å². The number of rotatable bonds is 5. The van der Waals surface area contributed by atoms with E-state index in [1.807, 2.05) is 0 Å². The molecule has 0 aromatic heterocycles. The molecular weight excluding hydrogens is 196 g/mol. The maximum atomic E-state index is 3.66. The molecule has 2 rings (SSSR count).